The molecule has 0 aliphatic carbocycles. The summed E-state index contributed by atoms with van der Waals surface area (Å²) in [5, 5.41) is 7.45. The van der Waals surface area contributed by atoms with Gasteiger partial charge in [0.05, 0.1) is 0 Å². The van der Waals surface area contributed by atoms with E-state index in [1.807, 2.05) is 29.1 Å². The van der Waals surface area contributed by atoms with Gasteiger partial charge in [-0.2, -0.15) is 0 Å². The summed E-state index contributed by atoms with van der Waals surface area (Å²) in [6.07, 6.45) is 7.54. The van der Waals surface area contributed by atoms with E-state index in [1.165, 1.54) is 0 Å². The summed E-state index contributed by atoms with van der Waals surface area (Å²) in [4.78, 5) is 0. The van der Waals surface area contributed by atoms with E-state index in [0.29, 0.717) is 0 Å². The standard InChI is InChI=1S/C8H10N4/c1-2-4-11(3-1)5-6-12-7-9-10-8-12/h1-4,7-8H,5-6H2. The van der Waals surface area contributed by atoms with Gasteiger partial charge in [-0.05, 0) is 12.1 Å². The molecule has 2 aromatic heterocycles. The molecule has 0 atom stereocenters. The topological polar surface area (TPSA) is 35.6 Å². The monoisotopic (exact) mass is 162 g/mol. The minimum absolute atomic E-state index is 0.918. The second-order valence-corrected chi connectivity index (χ2v) is 2.62. The molecule has 0 unspecified atom stereocenters. The summed E-state index contributed by atoms with van der Waals surface area (Å²) in [7, 11) is 0. The van der Waals surface area contributed by atoms with Crippen LogP contribution in [0.5, 0.6) is 0 Å². The summed E-state index contributed by atoms with van der Waals surface area (Å²) in [5.74, 6) is 0. The number of rotatable bonds is 3. The first-order chi connectivity index (χ1) is 5.95. The van der Waals surface area contributed by atoms with Crippen LogP contribution in [0.2, 0.25) is 0 Å². The van der Waals surface area contributed by atoms with Gasteiger partial charge in [0.2, 0.25) is 0 Å². The smallest absolute Gasteiger partial charge is 0.119 e. The van der Waals surface area contributed by atoms with Crippen molar-refractivity contribution in [3.63, 3.8) is 0 Å². The number of hydrogen-bond donors (Lipinski definition) is 0. The Labute approximate surface area is 70.5 Å². The summed E-state index contributed by atoms with van der Waals surface area (Å²) in [6.45, 7) is 1.88. The lowest BCUT2D eigenvalue weighted by Crippen LogP contribution is -2.03. The molecule has 0 spiro atoms. The normalized spacial score (nSPS) is 10.3. The van der Waals surface area contributed by atoms with Gasteiger partial charge >= 0.3 is 0 Å². The van der Waals surface area contributed by atoms with Crippen LogP contribution in [-0.2, 0) is 13.1 Å². The molecule has 0 bridgehead atoms. The van der Waals surface area contributed by atoms with Crippen LogP contribution in [0.15, 0.2) is 37.2 Å². The Bertz CT molecular complexity index is 274. The van der Waals surface area contributed by atoms with E-state index < -0.39 is 0 Å². The molecule has 0 fully saturated rings. The summed E-state index contributed by atoms with van der Waals surface area (Å²) >= 11 is 0. The molecule has 0 radical (unpaired) electrons. The fourth-order valence-corrected chi connectivity index (χ4v) is 1.09. The highest BCUT2D eigenvalue weighted by molar-refractivity contribution is 4.90. The van der Waals surface area contributed by atoms with E-state index in [2.05, 4.69) is 14.8 Å². The third-order valence-corrected chi connectivity index (χ3v) is 1.75. The Kier molecular flexibility index (Phi) is 1.90. The third kappa shape index (κ3) is 1.53. The van der Waals surface area contributed by atoms with Crippen LogP contribution in [0.1, 0.15) is 0 Å². The zero-order chi connectivity index (χ0) is 8.23. The maximum Gasteiger partial charge on any atom is 0.119 e. The largest absolute Gasteiger partial charge is 0.352 e. The van der Waals surface area contributed by atoms with Crippen molar-refractivity contribution < 1.29 is 0 Å². The van der Waals surface area contributed by atoms with Crippen LogP contribution in [-0.4, -0.2) is 19.3 Å². The predicted molar refractivity (Wildman–Crippen MR) is 44.5 cm³/mol. The zero-order valence-electron chi connectivity index (χ0n) is 6.67. The molecule has 0 aliphatic heterocycles. The van der Waals surface area contributed by atoms with Crippen molar-refractivity contribution in [2.24, 2.45) is 0 Å². The highest BCUT2D eigenvalue weighted by Crippen LogP contribution is 1.91. The molecule has 0 amide bonds. The second kappa shape index (κ2) is 3.21. The van der Waals surface area contributed by atoms with Gasteiger partial charge in [0.1, 0.15) is 12.7 Å². The van der Waals surface area contributed by atoms with Gasteiger partial charge in [-0.1, -0.05) is 0 Å². The fourth-order valence-electron chi connectivity index (χ4n) is 1.09. The van der Waals surface area contributed by atoms with E-state index in [-0.39, 0.29) is 0 Å². The van der Waals surface area contributed by atoms with Crippen LogP contribution >= 0.6 is 0 Å². The highest BCUT2D eigenvalue weighted by atomic mass is 15.2. The van der Waals surface area contributed by atoms with Crippen LogP contribution in [0.25, 0.3) is 0 Å². The van der Waals surface area contributed by atoms with Gasteiger partial charge in [0.25, 0.3) is 0 Å². The van der Waals surface area contributed by atoms with Gasteiger partial charge in [0.15, 0.2) is 0 Å². The van der Waals surface area contributed by atoms with Crippen molar-refractivity contribution in [2.45, 2.75) is 13.1 Å². The Morgan fingerprint density at radius 3 is 2.08 bits per heavy atom. The molecule has 0 aromatic carbocycles. The van der Waals surface area contributed by atoms with Crippen molar-refractivity contribution in [2.75, 3.05) is 0 Å². The number of aromatic nitrogens is 4. The Balaban J connectivity index is 1.91. The molecule has 12 heavy (non-hydrogen) atoms. The molecule has 4 heteroatoms. The van der Waals surface area contributed by atoms with E-state index in [9.17, 15) is 0 Å². The van der Waals surface area contributed by atoms with Crippen molar-refractivity contribution in [1.29, 1.82) is 0 Å². The molecule has 0 aliphatic rings. The van der Waals surface area contributed by atoms with Crippen molar-refractivity contribution in [3.8, 4) is 0 Å². The Morgan fingerprint density at radius 1 is 0.833 bits per heavy atom. The van der Waals surface area contributed by atoms with Crippen LogP contribution in [0.3, 0.4) is 0 Å². The second-order valence-electron chi connectivity index (χ2n) is 2.62. The first-order valence-corrected chi connectivity index (χ1v) is 3.88. The minimum atomic E-state index is 0.918. The molecule has 2 heterocycles. The fraction of sp³-hybridized carbons (Fsp3) is 0.250. The molecule has 2 rings (SSSR count). The molecule has 4 nitrogen and oxygen atoms in total. The SMILES string of the molecule is c1ccn(CCn2cnnc2)c1. The maximum atomic E-state index is 3.73. The molecule has 2 aromatic rings. The molecule has 0 N–H and O–H groups in total. The maximum absolute atomic E-state index is 3.73. The van der Waals surface area contributed by atoms with E-state index >= 15 is 0 Å². The Morgan fingerprint density at radius 2 is 1.42 bits per heavy atom. The van der Waals surface area contributed by atoms with Crippen LogP contribution in [0.4, 0.5) is 0 Å². The van der Waals surface area contributed by atoms with Crippen molar-refractivity contribution in [1.82, 2.24) is 19.3 Å². The zero-order valence-corrected chi connectivity index (χ0v) is 6.67. The molecular weight excluding hydrogens is 152 g/mol. The minimum Gasteiger partial charge on any atom is -0.352 e. The first-order valence-electron chi connectivity index (χ1n) is 3.88. The predicted octanol–water partition coefficient (Wildman–Crippen LogP) is 0.780. The number of hydrogen-bond acceptors (Lipinski definition) is 2. The lowest BCUT2D eigenvalue weighted by molar-refractivity contribution is 0.579. The van der Waals surface area contributed by atoms with Gasteiger partial charge in [0, 0.05) is 25.5 Å². The average Bonchev–Trinajstić information content (AvgIpc) is 2.74. The molecule has 0 saturated carbocycles. The first kappa shape index (κ1) is 7.09. The van der Waals surface area contributed by atoms with Gasteiger partial charge in [-0.15, -0.1) is 10.2 Å². The van der Waals surface area contributed by atoms with Crippen LogP contribution < -0.4 is 0 Å². The molecule has 62 valence electrons. The third-order valence-electron chi connectivity index (χ3n) is 1.75. The summed E-state index contributed by atoms with van der Waals surface area (Å²) in [5.41, 5.74) is 0. The molecule has 0 saturated heterocycles. The Hall–Kier alpha value is -1.58. The number of aryl methyl sites for hydroxylation is 2. The summed E-state index contributed by atoms with van der Waals surface area (Å²) < 4.78 is 4.08. The van der Waals surface area contributed by atoms with E-state index in [0.717, 1.165) is 13.1 Å². The lowest BCUT2D eigenvalue weighted by atomic mass is 10.6. The highest BCUT2D eigenvalue weighted by Gasteiger charge is 1.90. The van der Waals surface area contributed by atoms with Crippen LogP contribution in [0, 0.1) is 0 Å². The molecular formula is C8H10N4. The average molecular weight is 162 g/mol. The van der Waals surface area contributed by atoms with Gasteiger partial charge in [-0.25, -0.2) is 0 Å². The van der Waals surface area contributed by atoms with E-state index in [1.54, 1.807) is 12.7 Å². The summed E-state index contributed by atoms with van der Waals surface area (Å²) in [6, 6.07) is 4.04. The van der Waals surface area contributed by atoms with Crippen molar-refractivity contribution >= 4 is 0 Å². The van der Waals surface area contributed by atoms with E-state index in [4.69, 9.17) is 0 Å². The quantitative estimate of drug-likeness (QED) is 0.668. The van der Waals surface area contributed by atoms with Gasteiger partial charge < -0.3 is 9.13 Å². The van der Waals surface area contributed by atoms with Gasteiger partial charge in [-0.3, -0.25) is 0 Å². The van der Waals surface area contributed by atoms with Crippen molar-refractivity contribution in [3.05, 3.63) is 37.2 Å². The number of nitrogens with zero attached hydrogens (tertiary/aromatic N) is 4. The lowest BCUT2D eigenvalue weighted by Gasteiger charge is -2.01.